The molecule has 0 aliphatic carbocycles. The van der Waals surface area contributed by atoms with Gasteiger partial charge in [0.1, 0.15) is 30.9 Å². The third-order valence-corrected chi connectivity index (χ3v) is 19.2. The van der Waals surface area contributed by atoms with Crippen molar-refractivity contribution < 1.29 is 0 Å². The average Bonchev–Trinajstić information content (AvgIpc) is 1.44. The molecule has 0 bridgehead atoms. The van der Waals surface area contributed by atoms with Gasteiger partial charge in [-0.3, -0.25) is 0 Å². The second-order valence-corrected chi connectivity index (χ2v) is 28.3. The number of pyridine rings is 6. The number of nitrogens with zero attached hydrogens (tertiary/aromatic N) is 6. The van der Waals surface area contributed by atoms with Crippen molar-refractivity contribution in [3.05, 3.63) is 320 Å². The summed E-state index contributed by atoms with van der Waals surface area (Å²) in [5.74, 6) is 0. The molecule has 6 nitrogen and oxygen atoms in total. The number of hydrogen-bond donors (Lipinski definition) is 0. The molecule has 0 unspecified atom stereocenters. The van der Waals surface area contributed by atoms with E-state index in [-0.39, 0.29) is 0 Å². The summed E-state index contributed by atoms with van der Waals surface area (Å²) in [5, 5.41) is 3.22. The Morgan fingerprint density at radius 1 is 0.200 bits per heavy atom. The maximum atomic E-state index is 5.86. The molecule has 12 rings (SSSR count). The van der Waals surface area contributed by atoms with E-state index in [0.717, 1.165) is 59.1 Å². The van der Waals surface area contributed by atoms with Gasteiger partial charge in [0, 0.05) is 70.6 Å². The quantitative estimate of drug-likeness (QED) is 0.0377. The minimum Gasteiger partial charge on any atom is -0.244 e. The number of aryl methyl sites for hydroxylation is 6. The van der Waals surface area contributed by atoms with Crippen molar-refractivity contribution in [2.75, 3.05) is 0 Å². The highest BCUT2D eigenvalue weighted by Crippen LogP contribution is 2.29. The maximum absolute atomic E-state index is 5.86. The van der Waals surface area contributed by atoms with Crippen LogP contribution in [0.4, 0.5) is 0 Å². The zero-order valence-electron chi connectivity index (χ0n) is 62.0. The third kappa shape index (κ3) is 31.5. The number of unbranched alkanes of at least 4 members (excludes halogenated alkanes) is 10. The van der Waals surface area contributed by atoms with Crippen LogP contribution in [0.25, 0.3) is 66.8 Å². The topological polar surface area (TPSA) is 77.3 Å². The van der Waals surface area contributed by atoms with E-state index in [9.17, 15) is 0 Å². The van der Waals surface area contributed by atoms with Crippen molar-refractivity contribution in [2.24, 2.45) is 0 Å². The van der Waals surface area contributed by atoms with Gasteiger partial charge in [0.05, 0.1) is 0 Å². The van der Waals surface area contributed by atoms with E-state index in [4.69, 9.17) is 69.6 Å². The second-order valence-electron chi connectivity index (χ2n) is 26.0. The second kappa shape index (κ2) is 48.9. The van der Waals surface area contributed by atoms with Gasteiger partial charge in [-0.2, -0.15) is 0 Å². The van der Waals surface area contributed by atoms with Gasteiger partial charge in [-0.1, -0.05) is 327 Å². The normalized spacial score (nSPS) is 10.5. The van der Waals surface area contributed by atoms with Crippen molar-refractivity contribution in [2.45, 2.75) is 176 Å². The van der Waals surface area contributed by atoms with Crippen molar-refractivity contribution in [1.29, 1.82) is 0 Å². The Morgan fingerprint density at radius 2 is 0.448 bits per heavy atom. The Hall–Kier alpha value is -8.04. The van der Waals surface area contributed by atoms with Gasteiger partial charge >= 0.3 is 0 Å². The SMILES string of the molecule is CCCCCCCc1ccccc1-c1ccc(Cl)nc1.CCCCCCc1ccc(-c2ccc(Cl)nc2)cc1.CCCCCc1ccc(-c2ccc(Cl)nc2)cc1.CCCCc1ccc(-c2ccc(Cl)nc2)cc1.CCCc1ccc(-c2ccc(Cl)nc2)cc1.CCc1ccc(-c2ccc(Cl)nc2)cc1. The van der Waals surface area contributed by atoms with Crippen LogP contribution in [-0.4, -0.2) is 29.9 Å². The van der Waals surface area contributed by atoms with Crippen LogP contribution in [-0.2, 0) is 38.5 Å². The predicted molar refractivity (Wildman–Crippen MR) is 454 cm³/mol. The summed E-state index contributed by atoms with van der Waals surface area (Å²) < 4.78 is 0. The standard InChI is InChI=1S/C18H22ClN.C17H20ClN.C16H18ClN.C15H16ClN.C14H14ClN.C13H12ClN/c1-2-3-4-5-6-9-15-10-7-8-11-17(15)16-12-13-18(19)20-14-16;1-2-3-4-5-6-14-7-9-15(10-8-14)16-11-12-17(18)19-13-16;1-2-3-4-5-13-6-8-14(9-7-13)15-10-11-16(17)18-12-15;1-2-3-4-12-5-7-13(8-6-12)14-9-10-15(16)17-11-14;1-2-3-11-4-6-12(7-5-11)13-8-9-14(15)16-10-13;1-2-10-3-5-11(6-4-10)12-7-8-13(14)15-9-12/h7-8,10-14H,2-6,9H2,1H3;7-13H,2-6H2,1H3;6-12H,2-5H2,1H3;5-11H,2-4H2,1H3;4-10H,2-3H2,1H3;3-9H,2H2,1H3. The zero-order chi connectivity index (χ0) is 74.6. The maximum Gasteiger partial charge on any atom is 0.129 e. The summed E-state index contributed by atoms with van der Waals surface area (Å²) in [4.78, 5) is 24.6. The highest BCUT2D eigenvalue weighted by Gasteiger charge is 2.08. The van der Waals surface area contributed by atoms with E-state index in [1.807, 2.05) is 97.6 Å². The monoisotopic (exact) mass is 1510 g/mol. The van der Waals surface area contributed by atoms with Crippen molar-refractivity contribution in [3.8, 4) is 66.8 Å². The molecule has 0 atom stereocenters. The third-order valence-electron chi connectivity index (χ3n) is 17.8. The van der Waals surface area contributed by atoms with Gasteiger partial charge in [0.15, 0.2) is 0 Å². The van der Waals surface area contributed by atoms with Gasteiger partial charge in [-0.15, -0.1) is 0 Å². The molecule has 0 N–H and O–H groups in total. The largest absolute Gasteiger partial charge is 0.244 e. The molecule has 0 fully saturated rings. The highest BCUT2D eigenvalue weighted by molar-refractivity contribution is 6.30. The molecule has 6 heterocycles. The van der Waals surface area contributed by atoms with E-state index in [1.165, 1.54) is 176 Å². The fourth-order valence-electron chi connectivity index (χ4n) is 11.6. The first-order valence-corrected chi connectivity index (χ1v) is 39.8. The predicted octanol–water partition coefficient (Wildman–Crippen LogP) is 29.6. The van der Waals surface area contributed by atoms with Crippen molar-refractivity contribution in [1.82, 2.24) is 29.9 Å². The molecule has 0 saturated heterocycles. The Morgan fingerprint density at radius 3 is 0.752 bits per heavy atom. The smallest absolute Gasteiger partial charge is 0.129 e. The first-order valence-electron chi connectivity index (χ1n) is 37.5. The van der Waals surface area contributed by atoms with Crippen molar-refractivity contribution >= 4 is 69.6 Å². The molecule has 0 aliphatic heterocycles. The van der Waals surface area contributed by atoms with Crippen LogP contribution in [0.5, 0.6) is 0 Å². The summed E-state index contributed by atoms with van der Waals surface area (Å²) in [6.45, 7) is 13.3. The van der Waals surface area contributed by atoms with Crippen LogP contribution < -0.4 is 0 Å². The number of benzene rings is 6. The fourth-order valence-corrected chi connectivity index (χ4v) is 12.3. The van der Waals surface area contributed by atoms with Crippen LogP contribution in [0.2, 0.25) is 30.9 Å². The van der Waals surface area contributed by atoms with Crippen LogP contribution in [0.15, 0.2) is 256 Å². The van der Waals surface area contributed by atoms with E-state index < -0.39 is 0 Å². The molecule has 0 saturated carbocycles. The first-order chi connectivity index (χ1) is 51.3. The first kappa shape index (κ1) is 84.2. The lowest BCUT2D eigenvalue weighted by Gasteiger charge is -2.09. The summed E-state index contributed by atoms with van der Waals surface area (Å²) >= 11 is 34.7. The Kier molecular flexibility index (Phi) is 39.3. The number of hydrogen-bond acceptors (Lipinski definition) is 6. The number of halogens is 6. The van der Waals surface area contributed by atoms with Crippen LogP contribution >= 0.6 is 69.6 Å². The van der Waals surface area contributed by atoms with E-state index >= 15 is 0 Å². The van der Waals surface area contributed by atoms with E-state index in [0.29, 0.717) is 30.9 Å². The molecule has 0 amide bonds. The highest BCUT2D eigenvalue weighted by atomic mass is 35.5. The molecule has 0 spiro atoms. The van der Waals surface area contributed by atoms with Crippen LogP contribution in [0.3, 0.4) is 0 Å². The average molecular weight is 1520 g/mol. The Balaban J connectivity index is 0.000000176. The molecule has 12 heteroatoms. The van der Waals surface area contributed by atoms with Gasteiger partial charge in [0.2, 0.25) is 0 Å². The lowest BCUT2D eigenvalue weighted by molar-refractivity contribution is 0.632. The minimum absolute atomic E-state index is 0.531. The van der Waals surface area contributed by atoms with Gasteiger partial charge < -0.3 is 0 Å². The molecular formula is C93H102Cl6N6. The van der Waals surface area contributed by atoms with Gasteiger partial charge in [-0.25, -0.2) is 29.9 Å². The summed E-state index contributed by atoms with van der Waals surface area (Å²) in [7, 11) is 0. The summed E-state index contributed by atoms with van der Waals surface area (Å²) in [5.41, 5.74) is 22.3. The number of rotatable bonds is 27. The molecule has 6 aromatic heterocycles. The fraction of sp³-hybridized carbons (Fsp3) is 0.290. The molecule has 12 aromatic rings. The number of aromatic nitrogens is 6. The molecule has 546 valence electrons. The molecular weight excluding hydrogens is 1410 g/mol. The van der Waals surface area contributed by atoms with E-state index in [1.54, 1.807) is 12.4 Å². The molecule has 105 heavy (non-hydrogen) atoms. The van der Waals surface area contributed by atoms with Crippen LogP contribution in [0.1, 0.15) is 171 Å². The Labute approximate surface area is 657 Å². The van der Waals surface area contributed by atoms with Gasteiger partial charge in [0.25, 0.3) is 0 Å². The van der Waals surface area contributed by atoms with Crippen molar-refractivity contribution in [3.63, 3.8) is 0 Å². The molecule has 0 aliphatic rings. The summed E-state index contributed by atoms with van der Waals surface area (Å²) in [6, 6.07) is 74.9. The minimum atomic E-state index is 0.531. The van der Waals surface area contributed by atoms with Crippen LogP contribution in [0, 0.1) is 0 Å². The lowest BCUT2D eigenvalue weighted by Crippen LogP contribution is -1.91. The summed E-state index contributed by atoms with van der Waals surface area (Å²) in [6.07, 6.45) is 37.1. The lowest BCUT2D eigenvalue weighted by atomic mass is 9.96. The molecule has 6 aromatic carbocycles. The van der Waals surface area contributed by atoms with Gasteiger partial charge in [-0.05, 0) is 204 Å². The molecule has 0 radical (unpaired) electrons. The Bertz CT molecular complexity index is 4270. The van der Waals surface area contributed by atoms with E-state index in [2.05, 4.69) is 217 Å². The zero-order valence-corrected chi connectivity index (χ0v) is 66.6.